The largest absolute Gasteiger partial charge is 0.469 e. The van der Waals surface area contributed by atoms with E-state index >= 15 is 0 Å². The summed E-state index contributed by atoms with van der Waals surface area (Å²) in [6, 6.07) is 4.44. The van der Waals surface area contributed by atoms with Crippen LogP contribution in [0.2, 0.25) is 10.0 Å². The highest BCUT2D eigenvalue weighted by molar-refractivity contribution is 6.39. The fraction of sp³-hybridized carbons (Fsp3) is 0.333. The van der Waals surface area contributed by atoms with Gasteiger partial charge in [0.2, 0.25) is 0 Å². The summed E-state index contributed by atoms with van der Waals surface area (Å²) in [7, 11) is 1.29. The van der Waals surface area contributed by atoms with E-state index in [0.29, 0.717) is 0 Å². The molecule has 1 aromatic carbocycles. The predicted molar refractivity (Wildman–Crippen MR) is 70.0 cm³/mol. The molecule has 0 fully saturated rings. The number of nitrogens with one attached hydrogen (secondary N) is 1. The first-order valence-corrected chi connectivity index (χ1v) is 6.03. The van der Waals surface area contributed by atoms with Gasteiger partial charge in [0.15, 0.2) is 0 Å². The van der Waals surface area contributed by atoms with E-state index in [1.165, 1.54) is 7.11 Å². The lowest BCUT2D eigenvalue weighted by atomic mass is 10.1. The predicted octanol–water partition coefficient (Wildman–Crippen LogP) is 2.67. The van der Waals surface area contributed by atoms with Crippen LogP contribution in [-0.2, 0) is 9.53 Å². The van der Waals surface area contributed by atoms with Crippen molar-refractivity contribution in [2.24, 2.45) is 0 Å². The van der Waals surface area contributed by atoms with Gasteiger partial charge in [0.25, 0.3) is 5.91 Å². The van der Waals surface area contributed by atoms with Gasteiger partial charge in [-0.2, -0.15) is 0 Å². The molecule has 1 N–H and O–H groups in total. The standard InChI is InChI=1S/C12H13Cl2NO3/c1-7(6-10(16)18-2)15-12(17)11-8(13)4-3-5-9(11)14/h3-5,7H,6H2,1-2H3,(H,15,17). The molecule has 0 radical (unpaired) electrons. The van der Waals surface area contributed by atoms with Crippen LogP contribution in [-0.4, -0.2) is 25.0 Å². The number of carbonyl (C=O) groups excluding carboxylic acids is 2. The second-order valence-corrected chi connectivity index (χ2v) is 4.57. The van der Waals surface area contributed by atoms with Gasteiger partial charge in [0.1, 0.15) is 0 Å². The third-order valence-electron chi connectivity index (χ3n) is 2.27. The SMILES string of the molecule is COC(=O)CC(C)NC(=O)c1c(Cl)cccc1Cl. The number of hydrogen-bond donors (Lipinski definition) is 1. The van der Waals surface area contributed by atoms with Crippen molar-refractivity contribution >= 4 is 35.1 Å². The van der Waals surface area contributed by atoms with Crippen LogP contribution < -0.4 is 5.32 Å². The number of halogens is 2. The van der Waals surface area contributed by atoms with Crippen LogP contribution in [0.1, 0.15) is 23.7 Å². The number of esters is 1. The molecule has 6 heteroatoms. The molecule has 0 bridgehead atoms. The molecule has 18 heavy (non-hydrogen) atoms. The molecule has 0 aliphatic heterocycles. The van der Waals surface area contributed by atoms with Gasteiger partial charge in [-0.25, -0.2) is 0 Å². The summed E-state index contributed by atoms with van der Waals surface area (Å²) in [4.78, 5) is 23.0. The molecule has 0 saturated carbocycles. The Kier molecular flexibility index (Phi) is 5.44. The summed E-state index contributed by atoms with van der Waals surface area (Å²) in [5.74, 6) is -0.810. The number of rotatable bonds is 4. The first-order valence-electron chi connectivity index (χ1n) is 5.27. The second kappa shape index (κ2) is 6.61. The summed E-state index contributed by atoms with van der Waals surface area (Å²) in [5, 5.41) is 3.17. The lowest BCUT2D eigenvalue weighted by Crippen LogP contribution is -2.34. The van der Waals surface area contributed by atoms with E-state index in [4.69, 9.17) is 23.2 Å². The van der Waals surface area contributed by atoms with Crippen LogP contribution in [0.25, 0.3) is 0 Å². The fourth-order valence-electron chi connectivity index (χ4n) is 1.40. The molecule has 1 unspecified atom stereocenters. The van der Waals surface area contributed by atoms with Crippen molar-refractivity contribution in [3.8, 4) is 0 Å². The topological polar surface area (TPSA) is 55.4 Å². The lowest BCUT2D eigenvalue weighted by molar-refractivity contribution is -0.141. The zero-order chi connectivity index (χ0) is 13.7. The molecule has 0 spiro atoms. The van der Waals surface area contributed by atoms with E-state index in [1.807, 2.05) is 0 Å². The zero-order valence-electron chi connectivity index (χ0n) is 10.00. The first-order chi connectivity index (χ1) is 8.45. The van der Waals surface area contributed by atoms with Crippen molar-refractivity contribution in [1.29, 1.82) is 0 Å². The maximum atomic E-state index is 11.9. The molecule has 0 saturated heterocycles. The van der Waals surface area contributed by atoms with Gasteiger partial charge in [-0.1, -0.05) is 29.3 Å². The molecular formula is C12H13Cl2NO3. The number of amides is 1. The van der Waals surface area contributed by atoms with Gasteiger partial charge in [-0.05, 0) is 19.1 Å². The highest BCUT2D eigenvalue weighted by Gasteiger charge is 2.18. The summed E-state index contributed by atoms with van der Waals surface area (Å²) >= 11 is 11.8. The van der Waals surface area contributed by atoms with Crippen LogP contribution in [0.15, 0.2) is 18.2 Å². The van der Waals surface area contributed by atoms with Crippen molar-refractivity contribution in [2.75, 3.05) is 7.11 Å². The number of ether oxygens (including phenoxy) is 1. The van der Waals surface area contributed by atoms with Gasteiger partial charge < -0.3 is 10.1 Å². The van der Waals surface area contributed by atoms with Gasteiger partial charge >= 0.3 is 5.97 Å². The van der Waals surface area contributed by atoms with Crippen molar-refractivity contribution < 1.29 is 14.3 Å². The smallest absolute Gasteiger partial charge is 0.307 e. The Morgan fingerprint density at radius 1 is 1.33 bits per heavy atom. The number of hydrogen-bond acceptors (Lipinski definition) is 3. The molecule has 98 valence electrons. The molecule has 0 aliphatic carbocycles. The van der Waals surface area contributed by atoms with Crippen LogP contribution in [0.3, 0.4) is 0 Å². The van der Waals surface area contributed by atoms with Gasteiger partial charge in [0.05, 0.1) is 29.1 Å². The Balaban J connectivity index is 2.74. The first kappa shape index (κ1) is 14.8. The van der Waals surface area contributed by atoms with Gasteiger partial charge in [0, 0.05) is 6.04 Å². The van der Waals surface area contributed by atoms with E-state index in [2.05, 4.69) is 10.1 Å². The molecule has 0 heterocycles. The van der Waals surface area contributed by atoms with Crippen LogP contribution in [0.4, 0.5) is 0 Å². The monoisotopic (exact) mass is 289 g/mol. The van der Waals surface area contributed by atoms with Crippen LogP contribution in [0, 0.1) is 0 Å². The molecule has 1 atom stereocenters. The Morgan fingerprint density at radius 2 is 1.89 bits per heavy atom. The lowest BCUT2D eigenvalue weighted by Gasteiger charge is -2.14. The molecular weight excluding hydrogens is 277 g/mol. The molecule has 1 amide bonds. The summed E-state index contributed by atoms with van der Waals surface area (Å²) < 4.78 is 4.51. The quantitative estimate of drug-likeness (QED) is 0.867. The minimum atomic E-state index is -0.415. The van der Waals surface area contributed by atoms with Gasteiger partial charge in [-0.15, -0.1) is 0 Å². The minimum Gasteiger partial charge on any atom is -0.469 e. The van der Waals surface area contributed by atoms with Crippen molar-refractivity contribution in [3.05, 3.63) is 33.8 Å². The van der Waals surface area contributed by atoms with E-state index in [0.717, 1.165) is 0 Å². The van der Waals surface area contributed by atoms with Gasteiger partial charge in [-0.3, -0.25) is 9.59 Å². The highest BCUT2D eigenvalue weighted by Crippen LogP contribution is 2.24. The number of carbonyl (C=O) groups is 2. The Hall–Kier alpha value is -1.26. The van der Waals surface area contributed by atoms with E-state index in [-0.39, 0.29) is 28.1 Å². The minimum absolute atomic E-state index is 0.0876. The van der Waals surface area contributed by atoms with Crippen molar-refractivity contribution in [3.63, 3.8) is 0 Å². The van der Waals surface area contributed by atoms with E-state index in [9.17, 15) is 9.59 Å². The van der Waals surface area contributed by atoms with Crippen molar-refractivity contribution in [2.45, 2.75) is 19.4 Å². The molecule has 0 aliphatic rings. The van der Waals surface area contributed by atoms with Crippen molar-refractivity contribution in [1.82, 2.24) is 5.32 Å². The fourth-order valence-corrected chi connectivity index (χ4v) is 1.96. The average Bonchev–Trinajstić information content (AvgIpc) is 2.28. The second-order valence-electron chi connectivity index (χ2n) is 3.75. The zero-order valence-corrected chi connectivity index (χ0v) is 11.5. The average molecular weight is 290 g/mol. The highest BCUT2D eigenvalue weighted by atomic mass is 35.5. The maximum absolute atomic E-state index is 11.9. The molecule has 1 rings (SSSR count). The number of methoxy groups -OCH3 is 1. The molecule has 4 nitrogen and oxygen atoms in total. The Labute approximate surface area is 115 Å². The van der Waals surface area contributed by atoms with E-state index < -0.39 is 11.9 Å². The maximum Gasteiger partial charge on any atom is 0.307 e. The molecule has 0 aromatic heterocycles. The summed E-state index contributed by atoms with van der Waals surface area (Å²) in [6.45, 7) is 1.69. The number of benzene rings is 1. The Morgan fingerprint density at radius 3 is 2.39 bits per heavy atom. The summed E-state index contributed by atoms with van der Waals surface area (Å²) in [5.41, 5.74) is 0.206. The van der Waals surface area contributed by atoms with E-state index in [1.54, 1.807) is 25.1 Å². The summed E-state index contributed by atoms with van der Waals surface area (Å²) in [6.07, 6.45) is 0.0876. The Bertz CT molecular complexity index is 442. The third kappa shape index (κ3) is 3.89. The van der Waals surface area contributed by atoms with Crippen LogP contribution >= 0.6 is 23.2 Å². The van der Waals surface area contributed by atoms with Crippen LogP contribution in [0.5, 0.6) is 0 Å². The normalized spacial score (nSPS) is 11.8. The molecule has 1 aromatic rings. The third-order valence-corrected chi connectivity index (χ3v) is 2.90.